The molecule has 1 aliphatic rings. The lowest BCUT2D eigenvalue weighted by Crippen LogP contribution is -2.49. The summed E-state index contributed by atoms with van der Waals surface area (Å²) in [6, 6.07) is 0. The molecule has 0 aromatic carbocycles. The number of halogens is 3. The molecule has 1 saturated carbocycles. The Bertz CT molecular complexity index is 364. The van der Waals surface area contributed by atoms with E-state index in [4.69, 9.17) is 0 Å². The molecular weight excluding hydrogens is 273 g/mol. The van der Waals surface area contributed by atoms with E-state index in [0.717, 1.165) is 19.3 Å². The number of rotatable bonds is 5. The van der Waals surface area contributed by atoms with Gasteiger partial charge in [0.1, 0.15) is 6.54 Å². The maximum absolute atomic E-state index is 11.9. The number of nitrogens with one attached hydrogen (secondary N) is 2. The number of hydrogen-bond acceptors (Lipinski definition) is 3. The highest BCUT2D eigenvalue weighted by Crippen LogP contribution is 2.27. The first kappa shape index (κ1) is 15.7. The van der Waals surface area contributed by atoms with Crippen LogP contribution in [0.3, 0.4) is 0 Å². The summed E-state index contributed by atoms with van der Waals surface area (Å²) in [5.41, 5.74) is -1.15. The van der Waals surface area contributed by atoms with E-state index in [1.807, 2.05) is 4.72 Å². The van der Waals surface area contributed by atoms with Crippen LogP contribution < -0.4 is 9.44 Å². The molecular formula is C9H17F3N2O3S. The van der Waals surface area contributed by atoms with Gasteiger partial charge >= 0.3 is 6.18 Å². The van der Waals surface area contributed by atoms with Gasteiger partial charge in [0.25, 0.3) is 10.2 Å². The van der Waals surface area contributed by atoms with Gasteiger partial charge in [0.05, 0.1) is 5.60 Å². The normalized spacial score (nSPS) is 20.9. The van der Waals surface area contributed by atoms with Crippen molar-refractivity contribution in [1.82, 2.24) is 9.44 Å². The molecule has 0 aliphatic heterocycles. The summed E-state index contributed by atoms with van der Waals surface area (Å²) in [4.78, 5) is 0. The van der Waals surface area contributed by atoms with E-state index in [1.54, 1.807) is 0 Å². The van der Waals surface area contributed by atoms with Crippen molar-refractivity contribution in [1.29, 1.82) is 0 Å². The second-order valence-electron chi connectivity index (χ2n) is 4.55. The van der Waals surface area contributed by atoms with Crippen LogP contribution >= 0.6 is 0 Å². The Morgan fingerprint density at radius 2 is 1.67 bits per heavy atom. The monoisotopic (exact) mass is 290 g/mol. The molecule has 1 fully saturated rings. The van der Waals surface area contributed by atoms with E-state index in [1.165, 1.54) is 4.72 Å². The highest BCUT2D eigenvalue weighted by molar-refractivity contribution is 7.87. The number of hydrogen-bond donors (Lipinski definition) is 3. The summed E-state index contributed by atoms with van der Waals surface area (Å²) in [5, 5.41) is 9.99. The predicted molar refractivity (Wildman–Crippen MR) is 59.0 cm³/mol. The standard InChI is InChI=1S/C9H17F3N2O3S/c10-9(11,12)7-14-18(16,17)13-6-8(15)4-2-1-3-5-8/h13-15H,1-7H2. The van der Waals surface area contributed by atoms with Gasteiger partial charge in [-0.15, -0.1) is 0 Å². The van der Waals surface area contributed by atoms with Crippen molar-refractivity contribution in [3.8, 4) is 0 Å². The third-order valence-corrected chi connectivity index (χ3v) is 3.89. The molecule has 0 spiro atoms. The average Bonchev–Trinajstić information content (AvgIpc) is 2.25. The SMILES string of the molecule is O=S(=O)(NCC(F)(F)F)NCC1(O)CCCCC1. The Hall–Kier alpha value is -0.380. The highest BCUT2D eigenvalue weighted by atomic mass is 32.2. The van der Waals surface area contributed by atoms with Gasteiger partial charge < -0.3 is 5.11 Å². The smallest absolute Gasteiger partial charge is 0.389 e. The van der Waals surface area contributed by atoms with Crippen LogP contribution in [0.15, 0.2) is 0 Å². The number of aliphatic hydroxyl groups is 1. The molecule has 0 heterocycles. The fourth-order valence-electron chi connectivity index (χ4n) is 1.84. The van der Waals surface area contributed by atoms with Gasteiger partial charge in [0.2, 0.25) is 0 Å². The van der Waals surface area contributed by atoms with E-state index < -0.39 is 28.5 Å². The molecule has 0 unspecified atom stereocenters. The molecule has 3 N–H and O–H groups in total. The summed E-state index contributed by atoms with van der Waals surface area (Å²) in [7, 11) is -4.23. The van der Waals surface area contributed by atoms with Crippen LogP contribution in [0.2, 0.25) is 0 Å². The fraction of sp³-hybridized carbons (Fsp3) is 1.00. The summed E-state index contributed by atoms with van der Waals surface area (Å²) in [6.07, 6.45) is -1.15. The first-order valence-electron chi connectivity index (χ1n) is 5.65. The van der Waals surface area contributed by atoms with Crippen LogP contribution in [0, 0.1) is 0 Å². The van der Waals surface area contributed by atoms with Crippen molar-refractivity contribution >= 4 is 10.2 Å². The van der Waals surface area contributed by atoms with Crippen molar-refractivity contribution < 1.29 is 26.7 Å². The van der Waals surface area contributed by atoms with Crippen LogP contribution in [0.25, 0.3) is 0 Å². The molecule has 18 heavy (non-hydrogen) atoms. The van der Waals surface area contributed by atoms with E-state index in [9.17, 15) is 26.7 Å². The summed E-state index contributed by atoms with van der Waals surface area (Å²) >= 11 is 0. The molecule has 1 rings (SSSR count). The van der Waals surface area contributed by atoms with Crippen molar-refractivity contribution in [2.75, 3.05) is 13.1 Å². The molecule has 108 valence electrons. The first-order chi connectivity index (χ1) is 8.12. The van der Waals surface area contributed by atoms with Crippen molar-refractivity contribution in [3.63, 3.8) is 0 Å². The van der Waals surface area contributed by atoms with E-state index in [-0.39, 0.29) is 6.54 Å². The molecule has 0 atom stereocenters. The maximum Gasteiger partial charge on any atom is 0.402 e. The van der Waals surface area contributed by atoms with Gasteiger partial charge in [-0.3, -0.25) is 0 Å². The Morgan fingerprint density at radius 1 is 1.11 bits per heavy atom. The Labute approximate surface area is 104 Å². The molecule has 1 aliphatic carbocycles. The summed E-state index contributed by atoms with van der Waals surface area (Å²) in [6.45, 7) is -1.89. The van der Waals surface area contributed by atoms with Crippen LogP contribution in [-0.2, 0) is 10.2 Å². The minimum absolute atomic E-state index is 0.264. The molecule has 0 aromatic heterocycles. The van der Waals surface area contributed by atoms with E-state index in [2.05, 4.69) is 0 Å². The maximum atomic E-state index is 11.9. The summed E-state index contributed by atoms with van der Waals surface area (Å²) in [5.74, 6) is 0. The van der Waals surface area contributed by atoms with Crippen LogP contribution in [0.5, 0.6) is 0 Å². The Kier molecular flexibility index (Phi) is 4.98. The van der Waals surface area contributed by atoms with Crippen molar-refractivity contribution in [3.05, 3.63) is 0 Å². The largest absolute Gasteiger partial charge is 0.402 e. The van der Waals surface area contributed by atoms with E-state index >= 15 is 0 Å². The van der Waals surface area contributed by atoms with E-state index in [0.29, 0.717) is 12.8 Å². The molecule has 0 radical (unpaired) electrons. The second kappa shape index (κ2) is 5.72. The van der Waals surface area contributed by atoms with Gasteiger partial charge in [0.15, 0.2) is 0 Å². The van der Waals surface area contributed by atoms with Crippen LogP contribution in [-0.4, -0.2) is 38.4 Å². The first-order valence-corrected chi connectivity index (χ1v) is 7.14. The quantitative estimate of drug-likeness (QED) is 0.696. The topological polar surface area (TPSA) is 78.4 Å². The third-order valence-electron chi connectivity index (χ3n) is 2.84. The van der Waals surface area contributed by atoms with Gasteiger partial charge in [-0.05, 0) is 12.8 Å². The second-order valence-corrected chi connectivity index (χ2v) is 6.13. The van der Waals surface area contributed by atoms with Gasteiger partial charge in [-0.2, -0.15) is 31.0 Å². The zero-order valence-electron chi connectivity index (χ0n) is 9.76. The Morgan fingerprint density at radius 3 is 2.17 bits per heavy atom. The number of alkyl halides is 3. The zero-order chi connectivity index (χ0) is 13.9. The van der Waals surface area contributed by atoms with Gasteiger partial charge in [-0.1, -0.05) is 19.3 Å². The molecule has 0 aromatic rings. The fourth-order valence-corrected chi connectivity index (χ4v) is 2.76. The van der Waals surface area contributed by atoms with Crippen LogP contribution in [0.1, 0.15) is 32.1 Å². The summed E-state index contributed by atoms with van der Waals surface area (Å²) < 4.78 is 61.3. The molecule has 9 heteroatoms. The molecule has 0 saturated heterocycles. The zero-order valence-corrected chi connectivity index (χ0v) is 10.6. The van der Waals surface area contributed by atoms with Gasteiger partial charge in [-0.25, -0.2) is 0 Å². The minimum Gasteiger partial charge on any atom is -0.389 e. The molecule has 0 bridgehead atoms. The van der Waals surface area contributed by atoms with Crippen molar-refractivity contribution in [2.45, 2.75) is 43.9 Å². The predicted octanol–water partition coefficient (Wildman–Crippen LogP) is 0.668. The molecule has 5 nitrogen and oxygen atoms in total. The molecule has 0 amide bonds. The third kappa shape index (κ3) is 5.98. The van der Waals surface area contributed by atoms with Gasteiger partial charge in [0, 0.05) is 6.54 Å². The highest BCUT2D eigenvalue weighted by Gasteiger charge is 2.32. The lowest BCUT2D eigenvalue weighted by atomic mass is 9.85. The Balaban J connectivity index is 2.41. The lowest BCUT2D eigenvalue weighted by molar-refractivity contribution is -0.121. The van der Waals surface area contributed by atoms with Crippen LogP contribution in [0.4, 0.5) is 13.2 Å². The average molecular weight is 290 g/mol. The minimum atomic E-state index is -4.60. The lowest BCUT2D eigenvalue weighted by Gasteiger charge is -2.32. The van der Waals surface area contributed by atoms with Crippen molar-refractivity contribution in [2.24, 2.45) is 0 Å².